The Balaban J connectivity index is 1.98. The molecule has 1 aromatic carbocycles. The van der Waals surface area contributed by atoms with E-state index in [4.69, 9.17) is 5.26 Å². The van der Waals surface area contributed by atoms with Gasteiger partial charge in [0.05, 0.1) is 17.7 Å². The Bertz CT molecular complexity index is 436. The van der Waals surface area contributed by atoms with Crippen LogP contribution in [0.25, 0.3) is 0 Å². The average molecular weight is 244 g/mol. The number of nitriles is 1. The summed E-state index contributed by atoms with van der Waals surface area (Å²) in [7, 11) is 0. The number of likely N-dealkylation sites (tertiary alicyclic amines) is 1. The Morgan fingerprint density at radius 2 is 2.39 bits per heavy atom. The smallest absolute Gasteiger partial charge is 0.0991 e. The molecule has 3 nitrogen and oxygen atoms in total. The second-order valence-corrected chi connectivity index (χ2v) is 5.19. The minimum absolute atomic E-state index is 0.224. The van der Waals surface area contributed by atoms with Crippen LogP contribution in [-0.4, -0.2) is 29.2 Å². The topological polar surface area (TPSA) is 47.3 Å². The molecule has 0 aliphatic carbocycles. The van der Waals surface area contributed by atoms with Gasteiger partial charge in [-0.2, -0.15) is 5.26 Å². The Kier molecular flexibility index (Phi) is 4.35. The Hall–Kier alpha value is -1.37. The van der Waals surface area contributed by atoms with Gasteiger partial charge >= 0.3 is 0 Å². The molecule has 1 aromatic rings. The minimum atomic E-state index is -0.224. The van der Waals surface area contributed by atoms with E-state index in [-0.39, 0.29) is 6.10 Å². The molecule has 0 aromatic heterocycles. The fourth-order valence-corrected chi connectivity index (χ4v) is 2.63. The summed E-state index contributed by atoms with van der Waals surface area (Å²) in [5, 5.41) is 18.6. The molecule has 2 unspecified atom stereocenters. The van der Waals surface area contributed by atoms with Crippen molar-refractivity contribution in [3.63, 3.8) is 0 Å². The standard InChI is InChI=1S/C15H20N2O/c1-12(18)15-6-3-7-17(11-15)10-14-5-2-4-13(8-14)9-16/h2,4-5,8,12,15,18H,3,6-7,10-11H2,1H3. The second-order valence-electron chi connectivity index (χ2n) is 5.19. The van der Waals surface area contributed by atoms with Crippen molar-refractivity contribution in [2.75, 3.05) is 13.1 Å². The highest BCUT2D eigenvalue weighted by Crippen LogP contribution is 2.21. The van der Waals surface area contributed by atoms with E-state index in [1.54, 1.807) is 0 Å². The zero-order valence-corrected chi connectivity index (χ0v) is 10.8. The summed E-state index contributed by atoms with van der Waals surface area (Å²) < 4.78 is 0. The second kappa shape index (κ2) is 5.99. The lowest BCUT2D eigenvalue weighted by Gasteiger charge is -2.34. The molecular weight excluding hydrogens is 224 g/mol. The summed E-state index contributed by atoms with van der Waals surface area (Å²) in [6.07, 6.45) is 2.04. The van der Waals surface area contributed by atoms with Gasteiger partial charge in [0.2, 0.25) is 0 Å². The highest BCUT2D eigenvalue weighted by molar-refractivity contribution is 5.32. The van der Waals surface area contributed by atoms with E-state index < -0.39 is 0 Å². The molecule has 1 heterocycles. The zero-order valence-electron chi connectivity index (χ0n) is 10.8. The molecule has 0 bridgehead atoms. The molecule has 2 atom stereocenters. The Morgan fingerprint density at radius 1 is 1.56 bits per heavy atom. The molecular formula is C15H20N2O. The summed E-state index contributed by atoms with van der Waals surface area (Å²) in [5.74, 6) is 0.387. The first-order chi connectivity index (χ1) is 8.69. The van der Waals surface area contributed by atoms with Gasteiger partial charge in [0.15, 0.2) is 0 Å². The predicted octanol–water partition coefficient (Wildman–Crippen LogP) is 2.15. The molecule has 0 saturated carbocycles. The molecule has 3 heteroatoms. The number of benzene rings is 1. The van der Waals surface area contributed by atoms with Crippen LogP contribution in [0.15, 0.2) is 24.3 Å². The van der Waals surface area contributed by atoms with Gasteiger partial charge < -0.3 is 5.11 Å². The van der Waals surface area contributed by atoms with Crippen molar-refractivity contribution >= 4 is 0 Å². The van der Waals surface area contributed by atoms with E-state index in [2.05, 4.69) is 17.0 Å². The first kappa shape index (κ1) is 13.1. The molecule has 1 saturated heterocycles. The third kappa shape index (κ3) is 3.32. The van der Waals surface area contributed by atoms with Crippen LogP contribution in [0.2, 0.25) is 0 Å². The number of rotatable bonds is 3. The van der Waals surface area contributed by atoms with Gasteiger partial charge in [-0.05, 0) is 49.9 Å². The Labute approximate surface area is 109 Å². The molecule has 1 fully saturated rings. The van der Waals surface area contributed by atoms with Gasteiger partial charge in [0, 0.05) is 13.1 Å². The first-order valence-corrected chi connectivity index (χ1v) is 6.58. The van der Waals surface area contributed by atoms with E-state index in [9.17, 15) is 5.11 Å². The highest BCUT2D eigenvalue weighted by atomic mass is 16.3. The van der Waals surface area contributed by atoms with E-state index in [1.807, 2.05) is 25.1 Å². The molecule has 18 heavy (non-hydrogen) atoms. The van der Waals surface area contributed by atoms with Crippen molar-refractivity contribution in [3.8, 4) is 6.07 Å². The quantitative estimate of drug-likeness (QED) is 0.886. The monoisotopic (exact) mass is 244 g/mol. The summed E-state index contributed by atoms with van der Waals surface area (Å²) in [4.78, 5) is 2.37. The van der Waals surface area contributed by atoms with Gasteiger partial charge in [-0.3, -0.25) is 4.90 Å². The molecule has 0 radical (unpaired) electrons. The predicted molar refractivity (Wildman–Crippen MR) is 70.8 cm³/mol. The molecule has 1 aliphatic heterocycles. The molecule has 0 spiro atoms. The number of aliphatic hydroxyl groups is 1. The first-order valence-electron chi connectivity index (χ1n) is 6.58. The fourth-order valence-electron chi connectivity index (χ4n) is 2.63. The average Bonchev–Trinajstić information content (AvgIpc) is 2.39. The summed E-state index contributed by atoms with van der Waals surface area (Å²) in [6.45, 7) is 4.79. The van der Waals surface area contributed by atoms with Gasteiger partial charge in [-0.25, -0.2) is 0 Å². The normalized spacial score (nSPS) is 22.4. The number of nitrogens with zero attached hydrogens (tertiary/aromatic N) is 2. The van der Waals surface area contributed by atoms with Crippen molar-refractivity contribution in [2.24, 2.45) is 5.92 Å². The van der Waals surface area contributed by atoms with Crippen molar-refractivity contribution in [1.82, 2.24) is 4.90 Å². The number of hydrogen-bond donors (Lipinski definition) is 1. The summed E-state index contributed by atoms with van der Waals surface area (Å²) >= 11 is 0. The van der Waals surface area contributed by atoms with E-state index in [1.165, 1.54) is 5.56 Å². The maximum absolute atomic E-state index is 9.67. The van der Waals surface area contributed by atoms with Crippen LogP contribution < -0.4 is 0 Å². The van der Waals surface area contributed by atoms with Gasteiger partial charge in [0.1, 0.15) is 0 Å². The Morgan fingerprint density at radius 3 is 3.11 bits per heavy atom. The number of aliphatic hydroxyl groups excluding tert-OH is 1. The highest BCUT2D eigenvalue weighted by Gasteiger charge is 2.23. The SMILES string of the molecule is CC(O)C1CCCN(Cc2cccc(C#N)c2)C1. The lowest BCUT2D eigenvalue weighted by Crippen LogP contribution is -2.39. The summed E-state index contributed by atoms with van der Waals surface area (Å²) in [5.41, 5.74) is 1.90. The minimum Gasteiger partial charge on any atom is -0.393 e. The van der Waals surface area contributed by atoms with Crippen LogP contribution in [-0.2, 0) is 6.54 Å². The summed E-state index contributed by atoms with van der Waals surface area (Å²) in [6, 6.07) is 9.95. The van der Waals surface area contributed by atoms with E-state index in [0.29, 0.717) is 5.92 Å². The van der Waals surface area contributed by atoms with Crippen molar-refractivity contribution < 1.29 is 5.11 Å². The molecule has 0 amide bonds. The van der Waals surface area contributed by atoms with E-state index >= 15 is 0 Å². The lowest BCUT2D eigenvalue weighted by atomic mass is 9.93. The molecule has 1 aliphatic rings. The number of piperidine rings is 1. The van der Waals surface area contributed by atoms with Crippen LogP contribution in [0, 0.1) is 17.2 Å². The van der Waals surface area contributed by atoms with Crippen LogP contribution in [0.4, 0.5) is 0 Å². The van der Waals surface area contributed by atoms with Crippen molar-refractivity contribution in [1.29, 1.82) is 5.26 Å². The molecule has 2 rings (SSSR count). The van der Waals surface area contributed by atoms with Crippen molar-refractivity contribution in [3.05, 3.63) is 35.4 Å². The molecule has 96 valence electrons. The van der Waals surface area contributed by atoms with Crippen LogP contribution in [0.3, 0.4) is 0 Å². The maximum Gasteiger partial charge on any atom is 0.0991 e. The van der Waals surface area contributed by atoms with Crippen LogP contribution in [0.5, 0.6) is 0 Å². The zero-order chi connectivity index (χ0) is 13.0. The lowest BCUT2D eigenvalue weighted by molar-refractivity contribution is 0.0599. The maximum atomic E-state index is 9.67. The largest absolute Gasteiger partial charge is 0.393 e. The third-order valence-electron chi connectivity index (χ3n) is 3.69. The number of hydrogen-bond acceptors (Lipinski definition) is 3. The van der Waals surface area contributed by atoms with Gasteiger partial charge in [-0.1, -0.05) is 12.1 Å². The van der Waals surface area contributed by atoms with Gasteiger partial charge in [-0.15, -0.1) is 0 Å². The van der Waals surface area contributed by atoms with E-state index in [0.717, 1.165) is 38.0 Å². The van der Waals surface area contributed by atoms with Crippen LogP contribution in [0.1, 0.15) is 30.9 Å². The fraction of sp³-hybridized carbons (Fsp3) is 0.533. The van der Waals surface area contributed by atoms with Crippen LogP contribution >= 0.6 is 0 Å². The van der Waals surface area contributed by atoms with Crippen molar-refractivity contribution in [2.45, 2.75) is 32.4 Å². The van der Waals surface area contributed by atoms with Gasteiger partial charge in [0.25, 0.3) is 0 Å². The molecule has 1 N–H and O–H groups in total. The third-order valence-corrected chi connectivity index (χ3v) is 3.69.